The molecule has 0 unspecified atom stereocenters. The van der Waals surface area contributed by atoms with Crippen molar-refractivity contribution in [2.24, 2.45) is 7.05 Å². The number of amides is 1. The third-order valence-corrected chi connectivity index (χ3v) is 4.64. The Hall–Kier alpha value is -2.16. The molecule has 3 rings (SSSR count). The van der Waals surface area contributed by atoms with Crippen molar-refractivity contribution < 1.29 is 26.7 Å². The molecule has 0 N–H and O–H groups in total. The number of aromatic nitrogens is 2. The molecule has 10 heteroatoms. The second-order valence-corrected chi connectivity index (χ2v) is 6.73. The minimum atomic E-state index is -3.54. The van der Waals surface area contributed by atoms with Gasteiger partial charge in [0.1, 0.15) is 11.3 Å². The number of carbonyl (C=O) groups excluding carboxylic acids is 1. The molecule has 0 spiro atoms. The van der Waals surface area contributed by atoms with Crippen LogP contribution in [0.4, 0.5) is 22.0 Å². The van der Waals surface area contributed by atoms with Crippen LogP contribution in [0.5, 0.6) is 0 Å². The van der Waals surface area contributed by atoms with E-state index in [1.807, 2.05) is 0 Å². The lowest BCUT2D eigenvalue weighted by Crippen LogP contribution is -2.41. The van der Waals surface area contributed by atoms with Crippen molar-refractivity contribution in [1.29, 1.82) is 0 Å². The molecule has 1 saturated carbocycles. The Kier molecular flexibility index (Phi) is 5.16. The molecule has 2 aromatic rings. The second-order valence-electron chi connectivity index (χ2n) is 6.32. The lowest BCUT2D eigenvalue weighted by molar-refractivity contribution is -0.0345. The van der Waals surface area contributed by atoms with E-state index in [1.54, 1.807) is 0 Å². The number of hydrogen-bond acceptors (Lipinski definition) is 2. The van der Waals surface area contributed by atoms with Gasteiger partial charge < -0.3 is 4.90 Å². The summed E-state index contributed by atoms with van der Waals surface area (Å²) in [5.74, 6) is -6.06. The SMILES string of the molecule is Cn1nc(C(F)F)c(C(=O)N(CC(F)(F)c2ccccc2Cl)C2CC2)c1F. The van der Waals surface area contributed by atoms with Crippen molar-refractivity contribution in [3.8, 4) is 0 Å². The first-order chi connectivity index (χ1) is 12.6. The summed E-state index contributed by atoms with van der Waals surface area (Å²) < 4.78 is 70.5. The fraction of sp³-hybridized carbons (Fsp3) is 0.412. The van der Waals surface area contributed by atoms with E-state index in [1.165, 1.54) is 18.2 Å². The quantitative estimate of drug-likeness (QED) is 0.659. The summed E-state index contributed by atoms with van der Waals surface area (Å²) in [6.45, 7) is -1.10. The van der Waals surface area contributed by atoms with Gasteiger partial charge in [0, 0.05) is 23.7 Å². The van der Waals surface area contributed by atoms with E-state index in [0.717, 1.165) is 18.0 Å². The number of benzene rings is 1. The highest BCUT2D eigenvalue weighted by Gasteiger charge is 2.44. The highest BCUT2D eigenvalue weighted by molar-refractivity contribution is 6.31. The van der Waals surface area contributed by atoms with Crippen molar-refractivity contribution in [2.75, 3.05) is 6.54 Å². The van der Waals surface area contributed by atoms with Gasteiger partial charge in [0.2, 0.25) is 5.95 Å². The van der Waals surface area contributed by atoms with E-state index in [9.17, 15) is 26.7 Å². The van der Waals surface area contributed by atoms with Crippen molar-refractivity contribution >= 4 is 17.5 Å². The van der Waals surface area contributed by atoms with Crippen LogP contribution in [-0.2, 0) is 13.0 Å². The highest BCUT2D eigenvalue weighted by Crippen LogP contribution is 2.38. The molecule has 1 aromatic carbocycles. The number of alkyl halides is 4. The average molecular weight is 408 g/mol. The fourth-order valence-electron chi connectivity index (χ4n) is 2.83. The van der Waals surface area contributed by atoms with Crippen LogP contribution >= 0.6 is 11.6 Å². The van der Waals surface area contributed by atoms with Gasteiger partial charge in [-0.25, -0.2) is 13.5 Å². The molecule has 1 amide bonds. The van der Waals surface area contributed by atoms with Crippen LogP contribution in [0.25, 0.3) is 0 Å². The summed E-state index contributed by atoms with van der Waals surface area (Å²) >= 11 is 5.82. The molecule has 27 heavy (non-hydrogen) atoms. The molecule has 1 aliphatic carbocycles. The molecule has 1 fully saturated rings. The number of halogens is 6. The predicted octanol–water partition coefficient (Wildman–Crippen LogP) is 4.55. The van der Waals surface area contributed by atoms with E-state index in [2.05, 4.69) is 5.10 Å². The van der Waals surface area contributed by atoms with Crippen LogP contribution in [0.2, 0.25) is 5.02 Å². The van der Waals surface area contributed by atoms with Crippen LogP contribution < -0.4 is 0 Å². The number of carbonyl (C=O) groups is 1. The van der Waals surface area contributed by atoms with E-state index < -0.39 is 53.6 Å². The average Bonchev–Trinajstić information content (AvgIpc) is 3.39. The van der Waals surface area contributed by atoms with Gasteiger partial charge in [0.25, 0.3) is 18.3 Å². The summed E-state index contributed by atoms with van der Waals surface area (Å²) in [6, 6.07) is 4.67. The maximum Gasteiger partial charge on any atom is 0.291 e. The van der Waals surface area contributed by atoms with Crippen LogP contribution in [0.15, 0.2) is 24.3 Å². The Labute approximate surface area is 156 Å². The smallest absolute Gasteiger partial charge is 0.291 e. The topological polar surface area (TPSA) is 38.1 Å². The first kappa shape index (κ1) is 19.6. The normalized spacial score (nSPS) is 14.7. The Morgan fingerprint density at radius 3 is 2.56 bits per heavy atom. The van der Waals surface area contributed by atoms with Gasteiger partial charge >= 0.3 is 0 Å². The second kappa shape index (κ2) is 7.10. The lowest BCUT2D eigenvalue weighted by atomic mass is 10.1. The van der Waals surface area contributed by atoms with Gasteiger partial charge in [0.05, 0.1) is 6.54 Å². The third-order valence-electron chi connectivity index (χ3n) is 4.31. The first-order valence-corrected chi connectivity index (χ1v) is 8.45. The van der Waals surface area contributed by atoms with Crippen LogP contribution in [0, 0.1) is 5.95 Å². The van der Waals surface area contributed by atoms with E-state index in [0.29, 0.717) is 17.5 Å². The first-order valence-electron chi connectivity index (χ1n) is 8.08. The van der Waals surface area contributed by atoms with Crippen molar-refractivity contribution in [2.45, 2.75) is 31.2 Å². The molecular weight excluding hydrogens is 393 g/mol. The summed E-state index contributed by atoms with van der Waals surface area (Å²) in [7, 11) is 1.05. The van der Waals surface area contributed by atoms with Crippen LogP contribution in [-0.4, -0.2) is 33.2 Å². The molecule has 0 radical (unpaired) electrons. The van der Waals surface area contributed by atoms with E-state index in [-0.39, 0.29) is 5.02 Å². The molecule has 0 aliphatic heterocycles. The standard InChI is InChI=1S/C17H15ClF5N3O/c1-25-15(21)12(13(24-25)14(19)20)16(27)26(9-6-7-9)8-17(22,23)10-4-2-3-5-11(10)18/h2-5,9,14H,6-8H2,1H3. The van der Waals surface area contributed by atoms with Gasteiger partial charge in [0.15, 0.2) is 0 Å². The van der Waals surface area contributed by atoms with Crippen molar-refractivity contribution in [3.05, 3.63) is 52.1 Å². The monoisotopic (exact) mass is 407 g/mol. The van der Waals surface area contributed by atoms with Crippen molar-refractivity contribution in [1.82, 2.24) is 14.7 Å². The van der Waals surface area contributed by atoms with Gasteiger partial charge in [-0.15, -0.1) is 0 Å². The number of hydrogen-bond donors (Lipinski definition) is 0. The van der Waals surface area contributed by atoms with Gasteiger partial charge in [-0.1, -0.05) is 29.8 Å². The highest BCUT2D eigenvalue weighted by atomic mass is 35.5. The van der Waals surface area contributed by atoms with Crippen LogP contribution in [0.1, 0.15) is 40.9 Å². The Morgan fingerprint density at radius 2 is 2.00 bits per heavy atom. The minimum absolute atomic E-state index is 0.188. The molecule has 0 saturated heterocycles. The molecule has 0 bridgehead atoms. The zero-order valence-electron chi connectivity index (χ0n) is 14.1. The van der Waals surface area contributed by atoms with Gasteiger partial charge in [-0.2, -0.15) is 18.3 Å². The summed E-state index contributed by atoms with van der Waals surface area (Å²) in [6.07, 6.45) is -2.36. The molecular formula is C17H15ClF5N3O. The lowest BCUT2D eigenvalue weighted by Gasteiger charge is -2.28. The maximum atomic E-state index is 14.8. The van der Waals surface area contributed by atoms with E-state index in [4.69, 9.17) is 11.6 Å². The summed E-state index contributed by atoms with van der Waals surface area (Å²) in [5.41, 5.74) is -2.54. The Balaban J connectivity index is 1.96. The van der Waals surface area contributed by atoms with Crippen LogP contribution in [0.3, 0.4) is 0 Å². The number of aryl methyl sites for hydroxylation is 1. The molecule has 0 atom stereocenters. The van der Waals surface area contributed by atoms with Crippen molar-refractivity contribution in [3.63, 3.8) is 0 Å². The van der Waals surface area contributed by atoms with Gasteiger partial charge in [-0.05, 0) is 18.9 Å². The molecule has 4 nitrogen and oxygen atoms in total. The minimum Gasteiger partial charge on any atom is -0.329 e. The predicted molar refractivity (Wildman–Crippen MR) is 87.5 cm³/mol. The summed E-state index contributed by atoms with van der Waals surface area (Å²) in [4.78, 5) is 13.4. The maximum absolute atomic E-state index is 14.8. The molecule has 1 aromatic heterocycles. The molecule has 146 valence electrons. The zero-order valence-corrected chi connectivity index (χ0v) is 14.9. The third kappa shape index (κ3) is 3.78. The zero-order chi connectivity index (χ0) is 19.9. The Bertz CT molecular complexity index is 866. The number of rotatable bonds is 6. The van der Waals surface area contributed by atoms with Gasteiger partial charge in [-0.3, -0.25) is 4.79 Å². The number of nitrogens with zero attached hydrogens (tertiary/aromatic N) is 3. The largest absolute Gasteiger partial charge is 0.329 e. The van der Waals surface area contributed by atoms with E-state index >= 15 is 0 Å². The fourth-order valence-corrected chi connectivity index (χ4v) is 3.10. The summed E-state index contributed by atoms with van der Waals surface area (Å²) in [5, 5.41) is 3.11. The Morgan fingerprint density at radius 1 is 1.37 bits per heavy atom. The molecule has 1 aliphatic rings. The molecule has 1 heterocycles.